The number of likely N-dealkylation sites (tertiary alicyclic amines) is 1. The third kappa shape index (κ3) is 5.14. The first-order valence-corrected chi connectivity index (χ1v) is 6.43. The zero-order valence-corrected chi connectivity index (χ0v) is 11.2. The molecule has 7 heteroatoms. The van der Waals surface area contributed by atoms with E-state index < -0.39 is 12.1 Å². The van der Waals surface area contributed by atoms with Crippen LogP contribution in [-0.4, -0.2) is 67.4 Å². The Kier molecular flexibility index (Phi) is 6.75. The molecular formula is C12H22N2O5. The lowest BCUT2D eigenvalue weighted by atomic mass is 10.1. The van der Waals surface area contributed by atoms with E-state index in [1.807, 2.05) is 0 Å². The van der Waals surface area contributed by atoms with Crippen LogP contribution >= 0.6 is 0 Å². The fourth-order valence-electron chi connectivity index (χ4n) is 2.06. The van der Waals surface area contributed by atoms with Gasteiger partial charge in [-0.25, -0.2) is 0 Å². The first kappa shape index (κ1) is 15.9. The maximum atomic E-state index is 12.0. The lowest BCUT2D eigenvalue weighted by Gasteiger charge is -2.33. The summed E-state index contributed by atoms with van der Waals surface area (Å²) in [5.74, 6) is -0.951. The highest BCUT2D eigenvalue weighted by atomic mass is 16.5. The SMILES string of the molecule is COC(CN)C(=O)N1CCC(OCCC(=O)O)CC1. The number of carbonyl (C=O) groups excluding carboxylic acids is 1. The predicted molar refractivity (Wildman–Crippen MR) is 67.7 cm³/mol. The number of nitrogens with zero attached hydrogens (tertiary/aromatic N) is 1. The van der Waals surface area contributed by atoms with Gasteiger partial charge in [-0.15, -0.1) is 0 Å². The van der Waals surface area contributed by atoms with Gasteiger partial charge in [0.1, 0.15) is 6.10 Å². The second-order valence-electron chi connectivity index (χ2n) is 4.50. The highest BCUT2D eigenvalue weighted by molar-refractivity contribution is 5.81. The first-order valence-electron chi connectivity index (χ1n) is 6.43. The largest absolute Gasteiger partial charge is 0.481 e. The number of piperidine rings is 1. The highest BCUT2D eigenvalue weighted by Gasteiger charge is 2.27. The minimum atomic E-state index is -0.863. The molecule has 1 saturated heterocycles. The maximum Gasteiger partial charge on any atom is 0.305 e. The molecule has 1 amide bonds. The van der Waals surface area contributed by atoms with Crippen molar-refractivity contribution in [3.8, 4) is 0 Å². The highest BCUT2D eigenvalue weighted by Crippen LogP contribution is 2.15. The van der Waals surface area contributed by atoms with Crippen molar-refractivity contribution >= 4 is 11.9 Å². The molecule has 1 rings (SSSR count). The van der Waals surface area contributed by atoms with E-state index >= 15 is 0 Å². The van der Waals surface area contributed by atoms with Crippen molar-refractivity contribution in [2.24, 2.45) is 5.73 Å². The van der Waals surface area contributed by atoms with Gasteiger partial charge in [-0.3, -0.25) is 9.59 Å². The van der Waals surface area contributed by atoms with Gasteiger partial charge >= 0.3 is 5.97 Å². The molecule has 1 aliphatic rings. The van der Waals surface area contributed by atoms with E-state index in [1.165, 1.54) is 7.11 Å². The standard InChI is InChI=1S/C12H22N2O5/c1-18-10(8-13)12(17)14-5-2-9(3-6-14)19-7-4-11(15)16/h9-10H,2-8,13H2,1H3,(H,15,16). The third-order valence-electron chi connectivity index (χ3n) is 3.20. The summed E-state index contributed by atoms with van der Waals surface area (Å²) in [4.78, 5) is 24.1. The van der Waals surface area contributed by atoms with Crippen LogP contribution in [0.15, 0.2) is 0 Å². The third-order valence-corrected chi connectivity index (χ3v) is 3.20. The van der Waals surface area contributed by atoms with Crippen molar-refractivity contribution in [2.45, 2.75) is 31.5 Å². The lowest BCUT2D eigenvalue weighted by molar-refractivity contribution is -0.144. The molecule has 0 aromatic rings. The Labute approximate surface area is 112 Å². The van der Waals surface area contributed by atoms with Gasteiger partial charge in [-0.05, 0) is 12.8 Å². The molecular weight excluding hydrogens is 252 g/mol. The summed E-state index contributed by atoms with van der Waals surface area (Å²) >= 11 is 0. The fraction of sp³-hybridized carbons (Fsp3) is 0.833. The number of hydrogen-bond acceptors (Lipinski definition) is 5. The number of nitrogens with two attached hydrogens (primary N) is 1. The Morgan fingerprint density at radius 2 is 2.05 bits per heavy atom. The quantitative estimate of drug-likeness (QED) is 0.645. The summed E-state index contributed by atoms with van der Waals surface area (Å²) in [5, 5.41) is 8.51. The molecule has 1 heterocycles. The van der Waals surface area contributed by atoms with Crippen LogP contribution in [0.25, 0.3) is 0 Å². The normalized spacial score (nSPS) is 18.3. The van der Waals surface area contributed by atoms with Gasteiger partial charge in [0.25, 0.3) is 5.91 Å². The summed E-state index contributed by atoms with van der Waals surface area (Å²) < 4.78 is 10.5. The van der Waals surface area contributed by atoms with Crippen molar-refractivity contribution in [1.29, 1.82) is 0 Å². The first-order chi connectivity index (χ1) is 9.08. The molecule has 19 heavy (non-hydrogen) atoms. The molecule has 3 N–H and O–H groups in total. The Balaban J connectivity index is 2.28. The molecule has 1 aliphatic heterocycles. The maximum absolute atomic E-state index is 12.0. The van der Waals surface area contributed by atoms with Crippen LogP contribution in [0.2, 0.25) is 0 Å². The van der Waals surface area contributed by atoms with Crippen LogP contribution in [0.4, 0.5) is 0 Å². The summed E-state index contributed by atoms with van der Waals surface area (Å²) in [6.45, 7) is 1.58. The summed E-state index contributed by atoms with van der Waals surface area (Å²) in [5.41, 5.74) is 5.46. The van der Waals surface area contributed by atoms with Crippen LogP contribution in [0.1, 0.15) is 19.3 Å². The molecule has 1 atom stereocenters. The number of carbonyl (C=O) groups is 2. The molecule has 0 spiro atoms. The molecule has 110 valence electrons. The van der Waals surface area contributed by atoms with Gasteiger partial charge in [0.05, 0.1) is 19.1 Å². The van der Waals surface area contributed by atoms with Crippen LogP contribution < -0.4 is 5.73 Å². The van der Waals surface area contributed by atoms with Gasteiger partial charge in [-0.1, -0.05) is 0 Å². The number of amides is 1. The summed E-state index contributed by atoms with van der Waals surface area (Å²) in [7, 11) is 1.47. The number of ether oxygens (including phenoxy) is 2. The van der Waals surface area contributed by atoms with Crippen LogP contribution in [0, 0.1) is 0 Å². The van der Waals surface area contributed by atoms with E-state index in [9.17, 15) is 9.59 Å². The molecule has 1 fully saturated rings. The minimum Gasteiger partial charge on any atom is -0.481 e. The van der Waals surface area contributed by atoms with Gasteiger partial charge in [-0.2, -0.15) is 0 Å². The molecule has 0 saturated carbocycles. The van der Waals surface area contributed by atoms with Gasteiger partial charge < -0.3 is 25.2 Å². The van der Waals surface area contributed by atoms with E-state index in [0.29, 0.717) is 25.9 Å². The van der Waals surface area contributed by atoms with E-state index in [2.05, 4.69) is 0 Å². The van der Waals surface area contributed by atoms with Crippen molar-refractivity contribution < 1.29 is 24.2 Å². The lowest BCUT2D eigenvalue weighted by Crippen LogP contribution is -2.48. The topological polar surface area (TPSA) is 102 Å². The summed E-state index contributed by atoms with van der Waals surface area (Å²) in [6, 6.07) is 0. The zero-order valence-electron chi connectivity index (χ0n) is 11.2. The Hall–Kier alpha value is -1.18. The van der Waals surface area contributed by atoms with E-state index in [1.54, 1.807) is 4.90 Å². The molecule has 7 nitrogen and oxygen atoms in total. The van der Waals surface area contributed by atoms with Crippen molar-refractivity contribution in [2.75, 3.05) is 33.4 Å². The van der Waals surface area contributed by atoms with E-state index in [-0.39, 0.29) is 31.6 Å². The second kappa shape index (κ2) is 8.08. The van der Waals surface area contributed by atoms with Crippen molar-refractivity contribution in [1.82, 2.24) is 4.90 Å². The monoisotopic (exact) mass is 274 g/mol. The smallest absolute Gasteiger partial charge is 0.305 e. The Morgan fingerprint density at radius 1 is 1.42 bits per heavy atom. The Bertz CT molecular complexity index is 298. The van der Waals surface area contributed by atoms with Crippen molar-refractivity contribution in [3.05, 3.63) is 0 Å². The van der Waals surface area contributed by atoms with Crippen molar-refractivity contribution in [3.63, 3.8) is 0 Å². The average Bonchev–Trinajstić information content (AvgIpc) is 2.40. The van der Waals surface area contributed by atoms with Crippen LogP contribution in [0.3, 0.4) is 0 Å². The average molecular weight is 274 g/mol. The molecule has 0 radical (unpaired) electrons. The van der Waals surface area contributed by atoms with Crippen LogP contribution in [-0.2, 0) is 19.1 Å². The van der Waals surface area contributed by atoms with E-state index in [4.69, 9.17) is 20.3 Å². The molecule has 0 aromatic heterocycles. The molecule has 0 aromatic carbocycles. The fourth-order valence-corrected chi connectivity index (χ4v) is 2.06. The number of aliphatic carboxylic acids is 1. The van der Waals surface area contributed by atoms with E-state index in [0.717, 1.165) is 0 Å². The zero-order chi connectivity index (χ0) is 14.3. The molecule has 0 aliphatic carbocycles. The number of carboxylic acid groups (broad SMARTS) is 1. The van der Waals surface area contributed by atoms with Gasteiger partial charge in [0, 0.05) is 26.7 Å². The Morgan fingerprint density at radius 3 is 2.53 bits per heavy atom. The van der Waals surface area contributed by atoms with Crippen LogP contribution in [0.5, 0.6) is 0 Å². The number of hydrogen-bond donors (Lipinski definition) is 2. The van der Waals surface area contributed by atoms with Gasteiger partial charge in [0.2, 0.25) is 0 Å². The second-order valence-corrected chi connectivity index (χ2v) is 4.50. The molecule has 0 bridgehead atoms. The summed E-state index contributed by atoms with van der Waals surface area (Å²) in [6.07, 6.45) is 0.892. The number of carboxylic acids is 1. The minimum absolute atomic E-state index is 0.0120. The number of rotatable bonds is 7. The number of methoxy groups -OCH3 is 1. The predicted octanol–water partition coefficient (Wildman–Crippen LogP) is -0.558. The molecule has 1 unspecified atom stereocenters. The van der Waals surface area contributed by atoms with Gasteiger partial charge in [0.15, 0.2) is 0 Å².